The number of benzene rings is 1. The van der Waals surface area contributed by atoms with Crippen LogP contribution in [0.3, 0.4) is 0 Å². The summed E-state index contributed by atoms with van der Waals surface area (Å²) < 4.78 is 13.6. The lowest BCUT2D eigenvalue weighted by atomic mass is 9.86. The molecule has 1 amide bonds. The van der Waals surface area contributed by atoms with Crippen molar-refractivity contribution in [3.8, 4) is 0 Å². The molecule has 5 nitrogen and oxygen atoms in total. The molecule has 2 aromatic rings. The van der Waals surface area contributed by atoms with E-state index in [-0.39, 0.29) is 17.5 Å². The van der Waals surface area contributed by atoms with Crippen LogP contribution in [0.25, 0.3) is 11.0 Å². The summed E-state index contributed by atoms with van der Waals surface area (Å²) in [4.78, 5) is 12.4. The molecule has 0 saturated heterocycles. The van der Waals surface area contributed by atoms with Gasteiger partial charge in [0.05, 0.1) is 5.56 Å². The van der Waals surface area contributed by atoms with Gasteiger partial charge in [-0.05, 0) is 30.7 Å². The third kappa shape index (κ3) is 2.09. The summed E-state index contributed by atoms with van der Waals surface area (Å²) in [5.74, 6) is -0.717. The molecule has 0 unspecified atom stereocenters. The minimum Gasteiger partial charge on any atom is -0.349 e. The molecule has 4 rings (SSSR count). The normalized spacial score (nSPS) is 23.4. The van der Waals surface area contributed by atoms with Crippen molar-refractivity contribution in [2.24, 2.45) is 5.41 Å². The number of rotatable bonds is 2. The molecule has 1 heterocycles. The highest BCUT2D eigenvalue weighted by molar-refractivity contribution is 6.04. The Balaban J connectivity index is 1.56. The Kier molecular flexibility index (Phi) is 2.74. The number of fused-ring (bicyclic) bond motifs is 1. The largest absolute Gasteiger partial charge is 0.349 e. The third-order valence-corrected chi connectivity index (χ3v) is 4.98. The fourth-order valence-corrected chi connectivity index (χ4v) is 3.69. The monoisotopic (exact) mass is 288 g/mol. The van der Waals surface area contributed by atoms with Crippen LogP contribution in [0.1, 0.15) is 48.9 Å². The maximum Gasteiger partial charge on any atom is 0.253 e. The molecule has 1 atom stereocenters. The Hall–Kier alpha value is -1.98. The van der Waals surface area contributed by atoms with Crippen LogP contribution in [0.5, 0.6) is 0 Å². The number of halogens is 1. The molecule has 110 valence electrons. The van der Waals surface area contributed by atoms with Crippen LogP contribution in [0.2, 0.25) is 0 Å². The number of nitrogens with one attached hydrogen (secondary N) is 2. The summed E-state index contributed by atoms with van der Waals surface area (Å²) >= 11 is 0. The van der Waals surface area contributed by atoms with Gasteiger partial charge in [0.15, 0.2) is 0 Å². The van der Waals surface area contributed by atoms with Gasteiger partial charge in [0, 0.05) is 12.1 Å². The van der Waals surface area contributed by atoms with Crippen LogP contribution in [0, 0.1) is 11.2 Å². The number of aromatic nitrogens is 3. The maximum absolute atomic E-state index is 13.6. The molecule has 2 N–H and O–H groups in total. The van der Waals surface area contributed by atoms with E-state index in [1.807, 2.05) is 0 Å². The Labute approximate surface area is 121 Å². The van der Waals surface area contributed by atoms with Crippen molar-refractivity contribution in [1.82, 2.24) is 20.7 Å². The molecule has 0 bridgehead atoms. The van der Waals surface area contributed by atoms with Gasteiger partial charge < -0.3 is 5.32 Å². The predicted molar refractivity (Wildman–Crippen MR) is 75.2 cm³/mol. The molecule has 6 heteroatoms. The van der Waals surface area contributed by atoms with Crippen LogP contribution in [0.4, 0.5) is 4.39 Å². The Morgan fingerprint density at radius 3 is 2.90 bits per heavy atom. The number of hydrogen-bond donors (Lipinski definition) is 2. The van der Waals surface area contributed by atoms with Crippen molar-refractivity contribution in [3.63, 3.8) is 0 Å². The zero-order valence-corrected chi connectivity index (χ0v) is 11.7. The van der Waals surface area contributed by atoms with E-state index >= 15 is 0 Å². The van der Waals surface area contributed by atoms with E-state index in [0.717, 1.165) is 6.42 Å². The van der Waals surface area contributed by atoms with Crippen LogP contribution < -0.4 is 5.32 Å². The topological polar surface area (TPSA) is 70.7 Å². The van der Waals surface area contributed by atoms with Crippen LogP contribution in [-0.2, 0) is 0 Å². The van der Waals surface area contributed by atoms with Crippen LogP contribution in [0.15, 0.2) is 12.1 Å². The van der Waals surface area contributed by atoms with E-state index in [0.29, 0.717) is 16.4 Å². The van der Waals surface area contributed by atoms with Crippen LogP contribution in [-0.4, -0.2) is 27.4 Å². The Bertz CT molecular complexity index is 705. The van der Waals surface area contributed by atoms with Gasteiger partial charge in [0.2, 0.25) is 0 Å². The summed E-state index contributed by atoms with van der Waals surface area (Å²) in [6.45, 7) is 0. The van der Waals surface area contributed by atoms with E-state index in [1.165, 1.54) is 44.2 Å². The summed E-state index contributed by atoms with van der Waals surface area (Å²) in [5, 5.41) is 13.3. The standard InChI is InChI=1S/C15H17FN4O/c16-9-6-10(13-11(7-9)18-20-19-13)14(21)17-12-8-15(12)4-2-1-3-5-15/h6-7,12H,1-5,8H2,(H,17,21)(H,18,19,20)/t12-/m0/s1. The van der Waals surface area contributed by atoms with Gasteiger partial charge in [-0.25, -0.2) is 4.39 Å². The zero-order chi connectivity index (χ0) is 14.4. The first-order chi connectivity index (χ1) is 10.2. The number of aromatic amines is 1. The fraction of sp³-hybridized carbons (Fsp3) is 0.533. The molecule has 1 aromatic heterocycles. The minimum atomic E-state index is -0.468. The molecule has 2 saturated carbocycles. The molecule has 2 aliphatic carbocycles. The van der Waals surface area contributed by atoms with E-state index in [9.17, 15) is 9.18 Å². The highest BCUT2D eigenvalue weighted by Gasteiger charge is 2.54. The first-order valence-electron chi connectivity index (χ1n) is 7.49. The van der Waals surface area contributed by atoms with E-state index in [2.05, 4.69) is 20.7 Å². The van der Waals surface area contributed by atoms with Crippen molar-refractivity contribution in [2.75, 3.05) is 0 Å². The Morgan fingerprint density at radius 1 is 1.29 bits per heavy atom. The molecule has 1 aromatic carbocycles. The van der Waals surface area contributed by atoms with E-state index in [4.69, 9.17) is 0 Å². The second kappa shape index (κ2) is 4.51. The Morgan fingerprint density at radius 2 is 2.10 bits per heavy atom. The van der Waals surface area contributed by atoms with E-state index in [1.54, 1.807) is 0 Å². The zero-order valence-electron chi connectivity index (χ0n) is 11.7. The van der Waals surface area contributed by atoms with Crippen molar-refractivity contribution in [1.29, 1.82) is 0 Å². The number of amides is 1. The highest BCUT2D eigenvalue weighted by Crippen LogP contribution is 2.56. The summed E-state index contributed by atoms with van der Waals surface area (Å²) in [6, 6.07) is 2.74. The van der Waals surface area contributed by atoms with Gasteiger partial charge >= 0.3 is 0 Å². The number of carbonyl (C=O) groups excluding carboxylic acids is 1. The molecular formula is C15H17FN4O. The van der Waals surface area contributed by atoms with Crippen LogP contribution >= 0.6 is 0 Å². The minimum absolute atomic E-state index is 0.232. The lowest BCUT2D eigenvalue weighted by Crippen LogP contribution is -2.30. The second-order valence-electron chi connectivity index (χ2n) is 6.30. The molecular weight excluding hydrogens is 271 g/mol. The average molecular weight is 288 g/mol. The molecule has 0 aliphatic heterocycles. The third-order valence-electron chi connectivity index (χ3n) is 4.98. The SMILES string of the molecule is O=C(N[C@H]1CC12CCCCC2)c1cc(F)cc2n[nH]nc12. The molecule has 1 spiro atoms. The summed E-state index contributed by atoms with van der Waals surface area (Å²) in [6.07, 6.45) is 7.24. The molecule has 2 fully saturated rings. The summed E-state index contributed by atoms with van der Waals surface area (Å²) in [5.41, 5.74) is 1.37. The van der Waals surface area contributed by atoms with Gasteiger partial charge in [-0.15, -0.1) is 0 Å². The number of hydrogen-bond acceptors (Lipinski definition) is 3. The molecule has 0 radical (unpaired) electrons. The smallest absolute Gasteiger partial charge is 0.253 e. The lowest BCUT2D eigenvalue weighted by Gasteiger charge is -2.22. The average Bonchev–Trinajstić information content (AvgIpc) is 2.92. The number of nitrogens with zero attached hydrogens (tertiary/aromatic N) is 2. The van der Waals surface area contributed by atoms with Crippen molar-refractivity contribution in [2.45, 2.75) is 44.6 Å². The summed E-state index contributed by atoms with van der Waals surface area (Å²) in [7, 11) is 0. The second-order valence-corrected chi connectivity index (χ2v) is 6.30. The maximum atomic E-state index is 13.6. The lowest BCUT2D eigenvalue weighted by molar-refractivity contribution is 0.0943. The van der Waals surface area contributed by atoms with Gasteiger partial charge in [0.1, 0.15) is 16.9 Å². The van der Waals surface area contributed by atoms with Gasteiger partial charge in [0.25, 0.3) is 5.91 Å². The van der Waals surface area contributed by atoms with Crippen molar-refractivity contribution in [3.05, 3.63) is 23.5 Å². The van der Waals surface area contributed by atoms with Crippen molar-refractivity contribution < 1.29 is 9.18 Å². The van der Waals surface area contributed by atoms with E-state index < -0.39 is 5.82 Å². The molecule has 21 heavy (non-hydrogen) atoms. The van der Waals surface area contributed by atoms with Gasteiger partial charge in [-0.3, -0.25) is 4.79 Å². The molecule has 2 aliphatic rings. The van der Waals surface area contributed by atoms with Crippen molar-refractivity contribution >= 4 is 16.9 Å². The number of carbonyl (C=O) groups is 1. The number of H-pyrrole nitrogens is 1. The predicted octanol–water partition coefficient (Wildman–Crippen LogP) is 2.55. The first kappa shape index (κ1) is 12.7. The first-order valence-corrected chi connectivity index (χ1v) is 7.49. The quantitative estimate of drug-likeness (QED) is 0.892. The highest BCUT2D eigenvalue weighted by atomic mass is 19.1. The van der Waals surface area contributed by atoms with Gasteiger partial charge in [-0.1, -0.05) is 19.3 Å². The fourth-order valence-electron chi connectivity index (χ4n) is 3.69. The van der Waals surface area contributed by atoms with Gasteiger partial charge in [-0.2, -0.15) is 15.4 Å².